The molecule has 1 N–H and O–H groups in total. The maximum atomic E-state index is 11.8. The lowest BCUT2D eigenvalue weighted by molar-refractivity contribution is -0.144. The number of nitrogens with zero attached hydrogens (tertiary/aromatic N) is 2. The van der Waals surface area contributed by atoms with Crippen LogP contribution in [0.4, 0.5) is 0 Å². The fourth-order valence-corrected chi connectivity index (χ4v) is 2.07. The molecule has 0 saturated carbocycles. The zero-order valence-electron chi connectivity index (χ0n) is 9.76. The molecule has 6 heteroatoms. The molecule has 1 amide bonds. The average Bonchev–Trinajstić information content (AvgIpc) is 2.77. The number of carbonyl (C=O) groups excluding carboxylic acids is 1. The minimum atomic E-state index is -0.972. The lowest BCUT2D eigenvalue weighted by atomic mass is 10.2. The minimum Gasteiger partial charge on any atom is -0.480 e. The number of thiazole rings is 1. The van der Waals surface area contributed by atoms with E-state index in [9.17, 15) is 9.59 Å². The van der Waals surface area contributed by atoms with E-state index in [1.165, 1.54) is 16.2 Å². The first-order chi connectivity index (χ1) is 8.13. The SMILES string of the molecule is CCCN(CC(=O)O)C(=O)CCc1cscn1. The quantitative estimate of drug-likeness (QED) is 0.800. The van der Waals surface area contributed by atoms with E-state index in [-0.39, 0.29) is 12.5 Å². The van der Waals surface area contributed by atoms with Gasteiger partial charge in [0.25, 0.3) is 0 Å². The molecule has 5 nitrogen and oxygen atoms in total. The average molecular weight is 256 g/mol. The lowest BCUT2D eigenvalue weighted by Gasteiger charge is -2.19. The fraction of sp³-hybridized carbons (Fsp3) is 0.545. The largest absolute Gasteiger partial charge is 0.480 e. The van der Waals surface area contributed by atoms with Crippen LogP contribution in [-0.4, -0.2) is 40.0 Å². The van der Waals surface area contributed by atoms with E-state index in [4.69, 9.17) is 5.11 Å². The van der Waals surface area contributed by atoms with Crippen LogP contribution < -0.4 is 0 Å². The third-order valence-corrected chi connectivity index (χ3v) is 2.89. The van der Waals surface area contributed by atoms with E-state index < -0.39 is 5.97 Å². The molecule has 0 bridgehead atoms. The van der Waals surface area contributed by atoms with Gasteiger partial charge in [-0.2, -0.15) is 0 Å². The van der Waals surface area contributed by atoms with Crippen molar-refractivity contribution in [2.45, 2.75) is 26.2 Å². The highest BCUT2D eigenvalue weighted by molar-refractivity contribution is 7.07. The highest BCUT2D eigenvalue weighted by atomic mass is 32.1. The first kappa shape index (κ1) is 13.6. The van der Waals surface area contributed by atoms with Crippen molar-refractivity contribution in [3.05, 3.63) is 16.6 Å². The summed E-state index contributed by atoms with van der Waals surface area (Å²) in [5, 5.41) is 10.6. The summed E-state index contributed by atoms with van der Waals surface area (Å²) in [4.78, 5) is 27.9. The minimum absolute atomic E-state index is 0.123. The molecule has 1 aromatic rings. The molecule has 0 fully saturated rings. The third kappa shape index (κ3) is 4.95. The molecule has 0 radical (unpaired) electrons. The standard InChI is InChI=1S/C11H16N2O3S/c1-2-5-13(6-11(15)16)10(14)4-3-9-7-17-8-12-9/h7-8H,2-6H2,1H3,(H,15,16). The predicted octanol–water partition coefficient (Wildman–Crippen LogP) is 1.40. The van der Waals surface area contributed by atoms with Gasteiger partial charge in [0, 0.05) is 18.3 Å². The van der Waals surface area contributed by atoms with E-state index >= 15 is 0 Å². The van der Waals surface area contributed by atoms with Gasteiger partial charge in [-0.25, -0.2) is 4.98 Å². The number of hydrogen-bond acceptors (Lipinski definition) is 4. The van der Waals surface area contributed by atoms with Crippen molar-refractivity contribution in [1.82, 2.24) is 9.88 Å². The van der Waals surface area contributed by atoms with Gasteiger partial charge in [-0.3, -0.25) is 9.59 Å². The predicted molar refractivity (Wildman–Crippen MR) is 64.9 cm³/mol. The molecule has 0 spiro atoms. The molecule has 0 atom stereocenters. The Morgan fingerprint density at radius 2 is 2.29 bits per heavy atom. The van der Waals surface area contributed by atoms with Gasteiger partial charge in [0.1, 0.15) is 6.54 Å². The summed E-state index contributed by atoms with van der Waals surface area (Å²) in [5.74, 6) is -1.09. The maximum absolute atomic E-state index is 11.8. The number of rotatable bonds is 7. The van der Waals surface area contributed by atoms with E-state index in [1.54, 1.807) is 5.51 Å². The number of amides is 1. The van der Waals surface area contributed by atoms with Gasteiger partial charge in [-0.1, -0.05) is 6.92 Å². The van der Waals surface area contributed by atoms with Crippen LogP contribution in [0.25, 0.3) is 0 Å². The number of aromatic nitrogens is 1. The number of hydrogen-bond donors (Lipinski definition) is 1. The Labute approximate surface area is 104 Å². The monoisotopic (exact) mass is 256 g/mol. The number of carboxylic acids is 1. The zero-order valence-corrected chi connectivity index (χ0v) is 10.6. The molecular weight excluding hydrogens is 240 g/mol. The number of carbonyl (C=O) groups is 2. The molecule has 1 heterocycles. The number of aryl methyl sites for hydroxylation is 1. The first-order valence-electron chi connectivity index (χ1n) is 5.50. The van der Waals surface area contributed by atoms with Crippen LogP contribution in [0.3, 0.4) is 0 Å². The summed E-state index contributed by atoms with van der Waals surface area (Å²) < 4.78 is 0. The summed E-state index contributed by atoms with van der Waals surface area (Å²) >= 11 is 1.49. The fourth-order valence-electron chi connectivity index (χ4n) is 1.48. The Bertz CT molecular complexity index is 365. The van der Waals surface area contributed by atoms with E-state index in [0.29, 0.717) is 19.4 Å². The topological polar surface area (TPSA) is 70.5 Å². The van der Waals surface area contributed by atoms with Crippen LogP contribution in [0.2, 0.25) is 0 Å². The van der Waals surface area contributed by atoms with Crippen molar-refractivity contribution in [3.63, 3.8) is 0 Å². The van der Waals surface area contributed by atoms with Crippen molar-refractivity contribution in [2.75, 3.05) is 13.1 Å². The van der Waals surface area contributed by atoms with E-state index in [1.807, 2.05) is 12.3 Å². The maximum Gasteiger partial charge on any atom is 0.323 e. The van der Waals surface area contributed by atoms with Gasteiger partial charge >= 0.3 is 5.97 Å². The van der Waals surface area contributed by atoms with Crippen molar-refractivity contribution in [3.8, 4) is 0 Å². The van der Waals surface area contributed by atoms with E-state index in [2.05, 4.69) is 4.98 Å². The molecular formula is C11H16N2O3S. The van der Waals surface area contributed by atoms with Gasteiger partial charge in [0.05, 0.1) is 11.2 Å². The Hall–Kier alpha value is -1.43. The zero-order chi connectivity index (χ0) is 12.7. The van der Waals surface area contributed by atoms with Gasteiger partial charge < -0.3 is 10.0 Å². The Morgan fingerprint density at radius 1 is 1.53 bits per heavy atom. The summed E-state index contributed by atoms with van der Waals surface area (Å²) in [6.45, 7) is 2.19. The van der Waals surface area contributed by atoms with E-state index in [0.717, 1.165) is 12.1 Å². The highest BCUT2D eigenvalue weighted by Crippen LogP contribution is 2.06. The van der Waals surface area contributed by atoms with Crippen molar-refractivity contribution < 1.29 is 14.7 Å². The number of aliphatic carboxylic acids is 1. The van der Waals surface area contributed by atoms with Gasteiger partial charge in [0.15, 0.2) is 0 Å². The van der Waals surface area contributed by atoms with Gasteiger partial charge in [-0.15, -0.1) is 11.3 Å². The Morgan fingerprint density at radius 3 is 2.82 bits per heavy atom. The van der Waals surface area contributed by atoms with Crippen molar-refractivity contribution >= 4 is 23.2 Å². The van der Waals surface area contributed by atoms with Crippen LogP contribution >= 0.6 is 11.3 Å². The highest BCUT2D eigenvalue weighted by Gasteiger charge is 2.15. The number of carboxylic acid groups (broad SMARTS) is 1. The molecule has 0 aliphatic heterocycles. The second kappa shape index (κ2) is 7.01. The Balaban J connectivity index is 2.44. The van der Waals surface area contributed by atoms with Crippen molar-refractivity contribution in [1.29, 1.82) is 0 Å². The molecule has 0 unspecified atom stereocenters. The Kier molecular flexibility index (Phi) is 5.62. The van der Waals surface area contributed by atoms with Gasteiger partial charge in [-0.05, 0) is 12.8 Å². The smallest absolute Gasteiger partial charge is 0.323 e. The summed E-state index contributed by atoms with van der Waals surface area (Å²) in [6.07, 6.45) is 1.65. The summed E-state index contributed by atoms with van der Waals surface area (Å²) in [5.41, 5.74) is 2.61. The molecule has 1 rings (SSSR count). The van der Waals surface area contributed by atoms with Crippen LogP contribution in [0.1, 0.15) is 25.5 Å². The molecule has 94 valence electrons. The molecule has 1 aromatic heterocycles. The molecule has 0 aliphatic carbocycles. The molecule has 0 saturated heterocycles. The molecule has 0 aromatic carbocycles. The van der Waals surface area contributed by atoms with Gasteiger partial charge in [0.2, 0.25) is 5.91 Å². The second-order valence-corrected chi connectivity index (χ2v) is 4.41. The van der Waals surface area contributed by atoms with Crippen molar-refractivity contribution in [2.24, 2.45) is 0 Å². The third-order valence-electron chi connectivity index (χ3n) is 2.25. The molecule has 0 aliphatic rings. The van der Waals surface area contributed by atoms with Crippen LogP contribution in [0.15, 0.2) is 10.9 Å². The normalized spacial score (nSPS) is 10.2. The van der Waals surface area contributed by atoms with Crippen LogP contribution in [0.5, 0.6) is 0 Å². The second-order valence-electron chi connectivity index (χ2n) is 3.69. The summed E-state index contributed by atoms with van der Waals surface area (Å²) in [7, 11) is 0. The van der Waals surface area contributed by atoms with Crippen LogP contribution in [0, 0.1) is 0 Å². The molecule has 17 heavy (non-hydrogen) atoms. The first-order valence-corrected chi connectivity index (χ1v) is 6.44. The lowest BCUT2D eigenvalue weighted by Crippen LogP contribution is -2.36. The van der Waals surface area contributed by atoms with Crippen LogP contribution in [-0.2, 0) is 16.0 Å². The summed E-state index contributed by atoms with van der Waals surface area (Å²) in [6, 6.07) is 0.